The SMILES string of the molecule is CN1CCC(Nc2cccc3c2CC(c2bc(CNC(=O)C4C[C@H]4c4ccccc4)on2)N3CC(F)(F)F)CC1. The van der Waals surface area contributed by atoms with E-state index in [9.17, 15) is 18.0 Å². The van der Waals surface area contributed by atoms with Crippen LogP contribution in [0.2, 0.25) is 0 Å². The molecule has 2 fully saturated rings. The van der Waals surface area contributed by atoms with Crippen LogP contribution in [0.1, 0.15) is 53.6 Å². The fourth-order valence-corrected chi connectivity index (χ4v) is 6.12. The number of benzene rings is 2. The van der Waals surface area contributed by atoms with Gasteiger partial charge in [-0.1, -0.05) is 0 Å². The fourth-order valence-electron chi connectivity index (χ4n) is 6.12. The molecule has 2 aliphatic heterocycles. The van der Waals surface area contributed by atoms with Crippen LogP contribution in [-0.4, -0.2) is 61.8 Å². The monoisotopic (exact) mass is 551 g/mol. The van der Waals surface area contributed by atoms with Gasteiger partial charge in [-0.2, -0.15) is 0 Å². The summed E-state index contributed by atoms with van der Waals surface area (Å²) >= 11 is 0. The van der Waals surface area contributed by atoms with Crippen LogP contribution in [-0.2, 0) is 17.8 Å². The number of hydrogen-bond acceptors (Lipinski definition) is 6. The van der Waals surface area contributed by atoms with Gasteiger partial charge in [0.15, 0.2) is 0 Å². The Morgan fingerprint density at radius 3 is 2.65 bits per heavy atom. The van der Waals surface area contributed by atoms with Gasteiger partial charge in [-0.15, -0.1) is 0 Å². The number of alkyl halides is 3. The Hall–Kier alpha value is -3.34. The molecule has 1 amide bonds. The summed E-state index contributed by atoms with van der Waals surface area (Å²) in [5.74, 6) is 0.0898. The molecule has 7 nitrogen and oxygen atoms in total. The standard InChI is InChI=1S/C29H33BF3N5O2/c1-37-12-10-19(11-13-37)35-23-8-5-9-24-22(23)15-25(38(24)17-29(31,32)33)27-30-26(40-36-27)16-34-28(39)21-14-20(21)18-6-3-2-4-7-18/h2-9,19-21,25,35H,10-17H2,1H3,(H,34,39)/t20-,21?,25?/m0/s1. The Morgan fingerprint density at radius 2 is 1.90 bits per heavy atom. The number of nitrogens with one attached hydrogen (secondary N) is 2. The average Bonchev–Trinajstić information content (AvgIpc) is 3.47. The summed E-state index contributed by atoms with van der Waals surface area (Å²) in [6.45, 7) is 2.71. The molecule has 40 heavy (non-hydrogen) atoms. The first-order valence-corrected chi connectivity index (χ1v) is 13.9. The van der Waals surface area contributed by atoms with Crippen LogP contribution < -0.4 is 15.5 Å². The Bertz CT molecular complexity index is 1340. The van der Waals surface area contributed by atoms with Crippen molar-refractivity contribution < 1.29 is 22.5 Å². The molecule has 2 aromatic carbocycles. The molecule has 3 heterocycles. The van der Waals surface area contributed by atoms with Gasteiger partial charge in [-0.3, -0.25) is 0 Å². The van der Waals surface area contributed by atoms with E-state index in [-0.39, 0.29) is 30.3 Å². The number of amides is 1. The van der Waals surface area contributed by atoms with E-state index in [2.05, 4.69) is 27.7 Å². The summed E-state index contributed by atoms with van der Waals surface area (Å²) in [7, 11) is 2.10. The number of rotatable bonds is 8. The second-order valence-electron chi connectivity index (χ2n) is 11.3. The van der Waals surface area contributed by atoms with Gasteiger partial charge >= 0.3 is 232 Å². The van der Waals surface area contributed by atoms with E-state index in [4.69, 9.17) is 4.52 Å². The Labute approximate surface area is 232 Å². The molecule has 3 aliphatic rings. The second kappa shape index (κ2) is 10.9. The zero-order valence-electron chi connectivity index (χ0n) is 22.5. The molecular weight excluding hydrogens is 518 g/mol. The number of nitrogens with zero attached hydrogens (tertiary/aromatic N) is 3. The number of halogens is 3. The van der Waals surface area contributed by atoms with Crippen molar-refractivity contribution in [3.63, 3.8) is 0 Å². The number of carbonyl (C=O) groups is 1. The van der Waals surface area contributed by atoms with Crippen molar-refractivity contribution in [2.75, 3.05) is 36.9 Å². The third-order valence-electron chi connectivity index (χ3n) is 8.37. The quantitative estimate of drug-likeness (QED) is 0.427. The number of aromatic nitrogens is 1. The van der Waals surface area contributed by atoms with Gasteiger partial charge in [-0.05, 0) is 0 Å². The Morgan fingerprint density at radius 1 is 1.12 bits per heavy atom. The van der Waals surface area contributed by atoms with E-state index >= 15 is 0 Å². The van der Waals surface area contributed by atoms with Crippen LogP contribution in [0.3, 0.4) is 0 Å². The maximum absolute atomic E-state index is 13.7. The van der Waals surface area contributed by atoms with Gasteiger partial charge in [0.25, 0.3) is 0 Å². The van der Waals surface area contributed by atoms with Crippen LogP contribution >= 0.6 is 0 Å². The first-order valence-electron chi connectivity index (χ1n) is 13.9. The third kappa shape index (κ3) is 5.89. The minimum atomic E-state index is -4.38. The normalized spacial score (nSPS) is 23.1. The van der Waals surface area contributed by atoms with Gasteiger partial charge in [0.1, 0.15) is 0 Å². The average molecular weight is 551 g/mol. The van der Waals surface area contributed by atoms with Crippen LogP contribution in [0.25, 0.3) is 0 Å². The molecule has 210 valence electrons. The van der Waals surface area contributed by atoms with Crippen LogP contribution in [0.15, 0.2) is 53.1 Å². The van der Waals surface area contributed by atoms with E-state index in [1.165, 1.54) is 4.90 Å². The molecule has 3 atom stereocenters. The van der Waals surface area contributed by atoms with E-state index in [0.29, 0.717) is 23.4 Å². The molecule has 2 unspecified atom stereocenters. The van der Waals surface area contributed by atoms with Gasteiger partial charge in [0.05, 0.1) is 0 Å². The summed E-state index contributed by atoms with van der Waals surface area (Å²) in [5, 5.41) is 10.7. The van der Waals surface area contributed by atoms with E-state index in [0.717, 1.165) is 49.2 Å². The van der Waals surface area contributed by atoms with Gasteiger partial charge in [-0.25, -0.2) is 0 Å². The summed E-state index contributed by atoms with van der Waals surface area (Å²) in [6.07, 6.45) is -1.21. The van der Waals surface area contributed by atoms with Crippen LogP contribution in [0, 0.1) is 5.92 Å². The number of carbonyl (C=O) groups excluding carboxylic acids is 1. The van der Waals surface area contributed by atoms with Crippen molar-refractivity contribution in [2.45, 2.75) is 56.4 Å². The second-order valence-corrected chi connectivity index (χ2v) is 11.3. The molecule has 3 aromatic rings. The fraction of sp³-hybridized carbons (Fsp3) is 0.483. The first-order chi connectivity index (χ1) is 19.2. The number of likely N-dealkylation sites (tertiary alicyclic amines) is 1. The molecule has 1 aliphatic carbocycles. The number of fused-ring (bicyclic) bond motifs is 1. The van der Waals surface area contributed by atoms with E-state index in [1.54, 1.807) is 13.0 Å². The van der Waals surface area contributed by atoms with Gasteiger partial charge in [0.2, 0.25) is 0 Å². The molecule has 6 rings (SSSR count). The van der Waals surface area contributed by atoms with Crippen molar-refractivity contribution in [2.24, 2.45) is 5.92 Å². The van der Waals surface area contributed by atoms with Crippen LogP contribution in [0.4, 0.5) is 24.5 Å². The molecule has 2 N–H and O–H groups in total. The Kier molecular flexibility index (Phi) is 7.33. The molecule has 1 saturated heterocycles. The molecule has 0 radical (unpaired) electrons. The number of hydrogen-bond donors (Lipinski definition) is 2. The predicted molar refractivity (Wildman–Crippen MR) is 147 cm³/mol. The topological polar surface area (TPSA) is 73.6 Å². The van der Waals surface area contributed by atoms with Crippen molar-refractivity contribution in [3.05, 3.63) is 70.9 Å². The molecule has 1 aromatic heterocycles. The number of anilines is 2. The van der Waals surface area contributed by atoms with Crippen molar-refractivity contribution in [1.29, 1.82) is 0 Å². The molecule has 11 heteroatoms. The summed E-state index contributed by atoms with van der Waals surface area (Å²) in [4.78, 5) is 16.3. The molecule has 0 spiro atoms. The first kappa shape index (κ1) is 26.9. The Balaban J connectivity index is 1.14. The van der Waals surface area contributed by atoms with Gasteiger partial charge < -0.3 is 0 Å². The van der Waals surface area contributed by atoms with Gasteiger partial charge in [0, 0.05) is 0 Å². The van der Waals surface area contributed by atoms with Crippen molar-refractivity contribution >= 4 is 24.2 Å². The molecule has 0 bridgehead atoms. The zero-order chi connectivity index (χ0) is 27.9. The zero-order valence-corrected chi connectivity index (χ0v) is 22.5. The van der Waals surface area contributed by atoms with E-state index < -0.39 is 18.8 Å². The predicted octanol–water partition coefficient (Wildman–Crippen LogP) is 4.60. The summed E-state index contributed by atoms with van der Waals surface area (Å²) in [6, 6.07) is 15.1. The minimum absolute atomic E-state index is 0.0524. The molecular formula is C29H33BF3N5O2. The van der Waals surface area contributed by atoms with Crippen LogP contribution in [0.5, 0.6) is 0 Å². The van der Waals surface area contributed by atoms with Crippen molar-refractivity contribution in [3.8, 4) is 0 Å². The third-order valence-corrected chi connectivity index (χ3v) is 8.37. The molecule has 1 saturated carbocycles. The number of piperidine rings is 1. The van der Waals surface area contributed by atoms with Crippen molar-refractivity contribution in [1.82, 2.24) is 15.4 Å². The van der Waals surface area contributed by atoms with E-state index in [1.807, 2.05) is 42.5 Å². The summed E-state index contributed by atoms with van der Waals surface area (Å²) in [5.41, 5.74) is 4.33. The summed E-state index contributed by atoms with van der Waals surface area (Å²) < 4.78 is 46.6. The maximum atomic E-state index is 13.7.